The molecule has 0 aromatic carbocycles. The van der Waals surface area contributed by atoms with Gasteiger partial charge in [0.1, 0.15) is 0 Å². The van der Waals surface area contributed by atoms with Crippen molar-refractivity contribution in [3.63, 3.8) is 0 Å². The lowest BCUT2D eigenvalue weighted by atomic mass is 10.2. The highest BCUT2D eigenvalue weighted by Crippen LogP contribution is 2.11. The van der Waals surface area contributed by atoms with E-state index in [2.05, 4.69) is 26.2 Å². The second-order valence-corrected chi connectivity index (χ2v) is 2.46. The fourth-order valence-electron chi connectivity index (χ4n) is 0.453. The first-order valence-electron chi connectivity index (χ1n) is 2.23. The van der Waals surface area contributed by atoms with Crippen molar-refractivity contribution in [2.24, 2.45) is 10.4 Å². The highest BCUT2D eigenvalue weighted by Gasteiger charge is 2.26. The molecule has 1 rings (SSSR count). The monoisotopic (exact) mass is 176 g/mol. The van der Waals surface area contributed by atoms with E-state index in [1.54, 1.807) is 9.84 Å². The maximum absolute atomic E-state index is 3.74. The smallest absolute Gasteiger partial charge is 0.288 e. The molecule has 0 aromatic rings. The maximum Gasteiger partial charge on any atom is 0.491 e. The Morgan fingerprint density at radius 1 is 1.25 bits per heavy atom. The van der Waals surface area contributed by atoms with Crippen molar-refractivity contribution in [2.75, 3.05) is 14.1 Å². The molecule has 0 aliphatic carbocycles. The molecule has 0 saturated heterocycles. The molecule has 0 amide bonds. The molecule has 0 fully saturated rings. The minimum atomic E-state index is 0.127. The van der Waals surface area contributed by atoms with Gasteiger partial charge in [0.2, 0.25) is 0 Å². The third-order valence-corrected chi connectivity index (χ3v) is 2.12. The first-order chi connectivity index (χ1) is 3.72. The van der Waals surface area contributed by atoms with Crippen molar-refractivity contribution in [3.8, 4) is 0 Å². The minimum absolute atomic E-state index is 0.127. The molecule has 0 radical (unpaired) electrons. The molecule has 0 aromatic heterocycles. The first kappa shape index (κ1) is 5.87. The summed E-state index contributed by atoms with van der Waals surface area (Å²) in [7, 11) is 3.71. The Kier molecular flexibility index (Phi) is 1.42. The highest BCUT2D eigenvalue weighted by atomic mass is 79.9. The Hall–Kier alpha value is -0.255. The quantitative estimate of drug-likeness (QED) is 0.505. The summed E-state index contributed by atoms with van der Waals surface area (Å²) >= 11 is 3.33. The molecule has 1 aliphatic rings. The Bertz CT molecular complexity index is 105. The Morgan fingerprint density at radius 3 is 1.75 bits per heavy atom. The van der Waals surface area contributed by atoms with Gasteiger partial charge >= 0.3 is 5.81 Å². The van der Waals surface area contributed by atoms with E-state index in [0.29, 0.717) is 0 Å². The van der Waals surface area contributed by atoms with Crippen molar-refractivity contribution in [1.29, 1.82) is 0 Å². The molecule has 6 heteroatoms. The number of rotatable bonds is 0. The van der Waals surface area contributed by atoms with Gasteiger partial charge in [0, 0.05) is 14.1 Å². The van der Waals surface area contributed by atoms with E-state index in [9.17, 15) is 0 Å². The van der Waals surface area contributed by atoms with Crippen molar-refractivity contribution < 1.29 is 0 Å². The summed E-state index contributed by atoms with van der Waals surface area (Å²) < 4.78 is 0. The Labute approximate surface area is 56.6 Å². The Balaban J connectivity index is 2.55. The fourth-order valence-corrected chi connectivity index (χ4v) is 0.617. The summed E-state index contributed by atoms with van der Waals surface area (Å²) in [6.07, 6.45) is 0. The summed E-state index contributed by atoms with van der Waals surface area (Å²) in [6.45, 7) is 0. The van der Waals surface area contributed by atoms with Gasteiger partial charge in [-0.3, -0.25) is 9.84 Å². The van der Waals surface area contributed by atoms with Gasteiger partial charge in [-0.25, -0.2) is 0 Å². The molecular formula is C2H6BBrN4. The van der Waals surface area contributed by atoms with Gasteiger partial charge in [0.05, 0.1) is 0 Å². The fraction of sp³-hybridized carbons (Fsp3) is 1.00. The van der Waals surface area contributed by atoms with Crippen LogP contribution in [0, 0.1) is 0 Å². The van der Waals surface area contributed by atoms with Gasteiger partial charge in [-0.15, -0.1) is 0 Å². The average molecular weight is 177 g/mol. The first-order valence-corrected chi connectivity index (χ1v) is 3.14. The number of hydrogen-bond donors (Lipinski definition) is 0. The topological polar surface area (TPSA) is 31.2 Å². The zero-order chi connectivity index (χ0) is 6.15. The van der Waals surface area contributed by atoms with Crippen LogP contribution in [0.3, 0.4) is 0 Å². The van der Waals surface area contributed by atoms with Crippen molar-refractivity contribution in [3.05, 3.63) is 0 Å². The zero-order valence-corrected chi connectivity index (χ0v) is 6.33. The van der Waals surface area contributed by atoms with Crippen LogP contribution in [0.15, 0.2) is 10.4 Å². The van der Waals surface area contributed by atoms with E-state index in [0.717, 1.165) is 0 Å². The van der Waals surface area contributed by atoms with E-state index in [1.807, 2.05) is 14.1 Å². The van der Waals surface area contributed by atoms with E-state index in [1.165, 1.54) is 0 Å². The summed E-state index contributed by atoms with van der Waals surface area (Å²) in [4.78, 5) is 3.44. The molecule has 0 atom stereocenters. The van der Waals surface area contributed by atoms with Gasteiger partial charge in [0.15, 0.2) is 0 Å². The standard InChI is InChI=1S/C2H6BBrN4/c1-7-3(4)8(2)6-5-7/h1-2H3. The van der Waals surface area contributed by atoms with Gasteiger partial charge in [0.25, 0.3) is 0 Å². The Morgan fingerprint density at radius 2 is 1.62 bits per heavy atom. The molecule has 1 aliphatic heterocycles. The molecule has 4 nitrogen and oxygen atoms in total. The summed E-state index contributed by atoms with van der Waals surface area (Å²) in [6, 6.07) is 0. The SMILES string of the molecule is CN1N=NN(C)B1Br. The predicted octanol–water partition coefficient (Wildman–Crippen LogP) is 0.526. The zero-order valence-electron chi connectivity index (χ0n) is 4.74. The van der Waals surface area contributed by atoms with Crippen LogP contribution in [0.4, 0.5) is 0 Å². The van der Waals surface area contributed by atoms with Crippen LogP contribution < -0.4 is 0 Å². The molecule has 0 N–H and O–H groups in total. The van der Waals surface area contributed by atoms with Crippen LogP contribution in [0.5, 0.6) is 0 Å². The molecule has 0 bridgehead atoms. The molecular weight excluding hydrogens is 171 g/mol. The summed E-state index contributed by atoms with van der Waals surface area (Å²) in [5, 5.41) is 7.47. The number of hydrogen-bond acceptors (Lipinski definition) is 4. The van der Waals surface area contributed by atoms with E-state index >= 15 is 0 Å². The lowest BCUT2D eigenvalue weighted by Gasteiger charge is -2.09. The summed E-state index contributed by atoms with van der Waals surface area (Å²) in [5.74, 6) is 0.127. The largest absolute Gasteiger partial charge is 0.491 e. The van der Waals surface area contributed by atoms with Crippen molar-refractivity contribution in [1.82, 2.24) is 9.84 Å². The molecule has 8 heavy (non-hydrogen) atoms. The lowest BCUT2D eigenvalue weighted by Crippen LogP contribution is -2.33. The average Bonchev–Trinajstić information content (AvgIpc) is 1.98. The highest BCUT2D eigenvalue weighted by molar-refractivity contribution is 9.24. The molecule has 0 saturated carbocycles. The van der Waals surface area contributed by atoms with E-state index in [-0.39, 0.29) is 5.81 Å². The van der Waals surface area contributed by atoms with Crippen molar-refractivity contribution >= 4 is 21.6 Å². The minimum Gasteiger partial charge on any atom is -0.288 e. The van der Waals surface area contributed by atoms with Crippen LogP contribution in [0.1, 0.15) is 0 Å². The van der Waals surface area contributed by atoms with Gasteiger partial charge in [-0.1, -0.05) is 26.2 Å². The van der Waals surface area contributed by atoms with Gasteiger partial charge in [-0.05, 0) is 0 Å². The van der Waals surface area contributed by atoms with Crippen molar-refractivity contribution in [2.45, 2.75) is 0 Å². The normalized spacial score (nSPS) is 18.6. The maximum atomic E-state index is 3.74. The number of nitrogens with zero attached hydrogens (tertiary/aromatic N) is 4. The summed E-state index contributed by atoms with van der Waals surface area (Å²) in [5.41, 5.74) is 0. The molecule has 44 valence electrons. The van der Waals surface area contributed by atoms with Crippen LogP contribution in [-0.2, 0) is 0 Å². The second-order valence-electron chi connectivity index (χ2n) is 1.64. The van der Waals surface area contributed by atoms with E-state index < -0.39 is 0 Å². The number of halogens is 1. The lowest BCUT2D eigenvalue weighted by molar-refractivity contribution is 0.541. The van der Waals surface area contributed by atoms with Crippen LogP contribution in [0.25, 0.3) is 0 Å². The van der Waals surface area contributed by atoms with Crippen LogP contribution in [0.2, 0.25) is 0 Å². The van der Waals surface area contributed by atoms with Crippen LogP contribution in [-0.4, -0.2) is 29.7 Å². The van der Waals surface area contributed by atoms with Gasteiger partial charge < -0.3 is 0 Å². The third kappa shape index (κ3) is 0.796. The molecule has 0 spiro atoms. The van der Waals surface area contributed by atoms with E-state index in [4.69, 9.17) is 0 Å². The second kappa shape index (κ2) is 1.93. The molecule has 0 unspecified atom stereocenters. The third-order valence-electron chi connectivity index (χ3n) is 0.939. The van der Waals surface area contributed by atoms with Gasteiger partial charge in [-0.2, -0.15) is 0 Å². The molecule has 1 heterocycles. The van der Waals surface area contributed by atoms with Crippen LogP contribution >= 0.6 is 15.8 Å². The predicted molar refractivity (Wildman–Crippen MR) is 35.1 cm³/mol.